The van der Waals surface area contributed by atoms with Crippen LogP contribution in [0.1, 0.15) is 10.4 Å². The van der Waals surface area contributed by atoms with Crippen molar-refractivity contribution in [3.63, 3.8) is 0 Å². The van der Waals surface area contributed by atoms with Crippen LogP contribution in [0.2, 0.25) is 0 Å². The number of hydrogen-bond acceptors (Lipinski definition) is 2. The minimum atomic E-state index is -0.756. The van der Waals surface area contributed by atoms with Crippen LogP contribution < -0.4 is 11.1 Å². The molecule has 22 heavy (non-hydrogen) atoms. The zero-order valence-electron chi connectivity index (χ0n) is 11.4. The quantitative estimate of drug-likeness (QED) is 0.648. The number of anilines is 1. The maximum Gasteiger partial charge on any atom is 0.317 e. The molecule has 0 aliphatic rings. The van der Waals surface area contributed by atoms with E-state index < -0.39 is 6.03 Å². The molecule has 2 amide bonds. The van der Waals surface area contributed by atoms with Crippen LogP contribution in [0.5, 0.6) is 0 Å². The predicted molar refractivity (Wildman–Crippen MR) is 82.3 cm³/mol. The molecule has 4 N–H and O–H groups in total. The molecule has 0 spiro atoms. The fourth-order valence-electron chi connectivity index (χ4n) is 2.39. The summed E-state index contributed by atoms with van der Waals surface area (Å²) < 4.78 is 13.0. The largest absolute Gasteiger partial charge is 0.351 e. The van der Waals surface area contributed by atoms with E-state index in [0.29, 0.717) is 22.8 Å². The SMILES string of the molecule is NC(=O)Nc1[nH]c2cc(-c3ccc(F)cc3)ccc2c1C=O. The molecule has 0 fully saturated rings. The van der Waals surface area contributed by atoms with Crippen LogP contribution in [-0.4, -0.2) is 17.3 Å². The van der Waals surface area contributed by atoms with Gasteiger partial charge >= 0.3 is 6.03 Å². The molecule has 5 nitrogen and oxygen atoms in total. The minimum Gasteiger partial charge on any atom is -0.351 e. The van der Waals surface area contributed by atoms with E-state index in [1.807, 2.05) is 12.1 Å². The first-order valence-corrected chi connectivity index (χ1v) is 6.52. The number of benzene rings is 2. The Hall–Kier alpha value is -3.15. The lowest BCUT2D eigenvalue weighted by atomic mass is 10.0. The fourth-order valence-corrected chi connectivity index (χ4v) is 2.39. The number of halogens is 1. The number of H-pyrrole nitrogens is 1. The van der Waals surface area contributed by atoms with E-state index in [-0.39, 0.29) is 11.6 Å². The van der Waals surface area contributed by atoms with Crippen LogP contribution in [0, 0.1) is 5.82 Å². The smallest absolute Gasteiger partial charge is 0.317 e. The van der Waals surface area contributed by atoms with Gasteiger partial charge in [-0.1, -0.05) is 24.3 Å². The second-order valence-corrected chi connectivity index (χ2v) is 4.79. The van der Waals surface area contributed by atoms with E-state index in [2.05, 4.69) is 10.3 Å². The maximum atomic E-state index is 13.0. The number of aromatic amines is 1. The van der Waals surface area contributed by atoms with E-state index in [0.717, 1.165) is 11.1 Å². The summed E-state index contributed by atoms with van der Waals surface area (Å²) >= 11 is 0. The summed E-state index contributed by atoms with van der Waals surface area (Å²) in [6.07, 6.45) is 0.654. The van der Waals surface area contributed by atoms with E-state index in [9.17, 15) is 14.0 Å². The Bertz CT molecular complexity index is 869. The van der Waals surface area contributed by atoms with Crippen molar-refractivity contribution < 1.29 is 14.0 Å². The molecule has 0 atom stereocenters. The number of amides is 2. The molecule has 0 radical (unpaired) electrons. The van der Waals surface area contributed by atoms with Crippen molar-refractivity contribution in [1.29, 1.82) is 0 Å². The molecule has 3 aromatic rings. The van der Waals surface area contributed by atoms with Crippen molar-refractivity contribution in [2.24, 2.45) is 5.73 Å². The van der Waals surface area contributed by atoms with Gasteiger partial charge in [0.1, 0.15) is 11.6 Å². The van der Waals surface area contributed by atoms with Crippen LogP contribution in [-0.2, 0) is 0 Å². The highest BCUT2D eigenvalue weighted by atomic mass is 19.1. The lowest BCUT2D eigenvalue weighted by Gasteiger charge is -2.02. The first-order valence-electron chi connectivity index (χ1n) is 6.52. The Morgan fingerprint density at radius 3 is 2.45 bits per heavy atom. The van der Waals surface area contributed by atoms with Gasteiger partial charge < -0.3 is 10.7 Å². The minimum absolute atomic E-state index is 0.258. The van der Waals surface area contributed by atoms with Gasteiger partial charge in [-0.25, -0.2) is 9.18 Å². The van der Waals surface area contributed by atoms with Crippen molar-refractivity contribution in [2.45, 2.75) is 0 Å². The third kappa shape index (κ3) is 2.42. The fraction of sp³-hybridized carbons (Fsp3) is 0. The molecular weight excluding hydrogens is 285 g/mol. The number of fused-ring (bicyclic) bond motifs is 1. The summed E-state index contributed by atoms with van der Waals surface area (Å²) in [6.45, 7) is 0. The van der Waals surface area contributed by atoms with E-state index in [1.54, 1.807) is 18.2 Å². The lowest BCUT2D eigenvalue weighted by Crippen LogP contribution is -2.20. The predicted octanol–water partition coefficient (Wildman–Crippen LogP) is 3.28. The Kier molecular flexibility index (Phi) is 3.34. The van der Waals surface area contributed by atoms with E-state index >= 15 is 0 Å². The number of aromatic nitrogens is 1. The third-order valence-corrected chi connectivity index (χ3v) is 3.38. The number of aldehydes is 1. The molecule has 1 aromatic heterocycles. The van der Waals surface area contributed by atoms with Gasteiger partial charge in [-0.3, -0.25) is 10.1 Å². The molecular formula is C16H12FN3O2. The highest BCUT2D eigenvalue weighted by Gasteiger charge is 2.13. The third-order valence-electron chi connectivity index (χ3n) is 3.38. The molecule has 0 aliphatic carbocycles. The number of urea groups is 1. The van der Waals surface area contributed by atoms with Gasteiger partial charge in [-0.2, -0.15) is 0 Å². The topological polar surface area (TPSA) is 88.0 Å². The molecule has 1 heterocycles. The van der Waals surface area contributed by atoms with Gasteiger partial charge in [0, 0.05) is 10.9 Å². The molecule has 2 aromatic carbocycles. The number of carbonyl (C=O) groups excluding carboxylic acids is 2. The first-order chi connectivity index (χ1) is 10.6. The first kappa shape index (κ1) is 13.8. The molecule has 0 aliphatic heterocycles. The van der Waals surface area contributed by atoms with Crippen molar-refractivity contribution in [3.05, 3.63) is 53.8 Å². The van der Waals surface area contributed by atoms with Crippen LogP contribution in [0.4, 0.5) is 15.0 Å². The summed E-state index contributed by atoms with van der Waals surface area (Å²) in [5.74, 6) is -0.0466. The van der Waals surface area contributed by atoms with Crippen molar-refractivity contribution >= 4 is 29.0 Å². The number of nitrogens with two attached hydrogens (primary N) is 1. The Morgan fingerprint density at radius 2 is 1.82 bits per heavy atom. The number of rotatable bonds is 3. The van der Waals surface area contributed by atoms with Crippen molar-refractivity contribution in [3.8, 4) is 11.1 Å². The molecule has 3 rings (SSSR count). The average molecular weight is 297 g/mol. The Balaban J connectivity index is 2.11. The van der Waals surface area contributed by atoms with Gasteiger partial charge in [0.15, 0.2) is 6.29 Å². The second-order valence-electron chi connectivity index (χ2n) is 4.79. The van der Waals surface area contributed by atoms with Gasteiger partial charge in [0.25, 0.3) is 0 Å². The number of carbonyl (C=O) groups is 2. The summed E-state index contributed by atoms with van der Waals surface area (Å²) in [5, 5.41) is 3.05. The summed E-state index contributed by atoms with van der Waals surface area (Å²) in [6, 6.07) is 10.8. The number of primary amides is 1. The van der Waals surface area contributed by atoms with Crippen LogP contribution in [0.3, 0.4) is 0 Å². The average Bonchev–Trinajstić information content (AvgIpc) is 2.83. The Morgan fingerprint density at radius 1 is 1.14 bits per heavy atom. The van der Waals surface area contributed by atoms with Crippen LogP contribution in [0.25, 0.3) is 22.0 Å². The van der Waals surface area contributed by atoms with Gasteiger partial charge in [-0.05, 0) is 29.3 Å². The van der Waals surface area contributed by atoms with Gasteiger partial charge in [0.05, 0.1) is 5.56 Å². The van der Waals surface area contributed by atoms with Gasteiger partial charge in [0.2, 0.25) is 0 Å². The molecule has 6 heteroatoms. The number of nitrogens with one attached hydrogen (secondary N) is 2. The molecule has 0 bridgehead atoms. The summed E-state index contributed by atoms with van der Waals surface area (Å²) in [7, 11) is 0. The monoisotopic (exact) mass is 297 g/mol. The van der Waals surface area contributed by atoms with Crippen LogP contribution >= 0.6 is 0 Å². The lowest BCUT2D eigenvalue weighted by molar-refractivity contribution is 0.112. The number of hydrogen-bond donors (Lipinski definition) is 3. The summed E-state index contributed by atoms with van der Waals surface area (Å²) in [4.78, 5) is 25.1. The van der Waals surface area contributed by atoms with Crippen molar-refractivity contribution in [2.75, 3.05) is 5.32 Å². The van der Waals surface area contributed by atoms with E-state index in [1.165, 1.54) is 12.1 Å². The van der Waals surface area contributed by atoms with Gasteiger partial charge in [-0.15, -0.1) is 0 Å². The standard InChI is InChI=1S/C16H12FN3O2/c17-11-4-1-9(2-5-11)10-3-6-12-13(8-21)15(20-16(18)22)19-14(12)7-10/h1-8,19H,(H3,18,20,22). The highest BCUT2D eigenvalue weighted by molar-refractivity contribution is 6.07. The Labute approximate surface area is 124 Å². The normalized spacial score (nSPS) is 10.6. The zero-order valence-corrected chi connectivity index (χ0v) is 11.4. The molecule has 110 valence electrons. The highest BCUT2D eigenvalue weighted by Crippen LogP contribution is 2.29. The molecule has 0 saturated carbocycles. The maximum absolute atomic E-state index is 13.0. The second kappa shape index (κ2) is 5.33. The molecule has 0 unspecified atom stereocenters. The zero-order chi connectivity index (χ0) is 15.7. The van der Waals surface area contributed by atoms with Crippen LogP contribution in [0.15, 0.2) is 42.5 Å². The van der Waals surface area contributed by atoms with E-state index in [4.69, 9.17) is 5.73 Å². The summed E-state index contributed by atoms with van der Waals surface area (Å²) in [5.41, 5.74) is 7.79. The molecule has 0 saturated heterocycles. The van der Waals surface area contributed by atoms with Crippen molar-refractivity contribution in [1.82, 2.24) is 4.98 Å².